The average molecular weight is 482 g/mol. The molecule has 0 spiro atoms. The normalized spacial score (nSPS) is 14.6. The van der Waals surface area contributed by atoms with E-state index in [0.29, 0.717) is 24.5 Å². The molecule has 0 aliphatic carbocycles. The van der Waals surface area contributed by atoms with Gasteiger partial charge in [-0.25, -0.2) is 4.98 Å². The molecule has 2 N–H and O–H groups in total. The highest BCUT2D eigenvalue weighted by molar-refractivity contribution is 6.03. The lowest BCUT2D eigenvalue weighted by atomic mass is 10.0. The fourth-order valence-electron chi connectivity index (χ4n) is 4.73. The van der Waals surface area contributed by atoms with Gasteiger partial charge >= 0.3 is 0 Å². The van der Waals surface area contributed by atoms with E-state index in [1.54, 1.807) is 12.4 Å². The van der Waals surface area contributed by atoms with Crippen LogP contribution < -0.4 is 15.4 Å². The molecule has 0 radical (unpaired) electrons. The molecule has 182 valence electrons. The number of benzene rings is 1. The highest BCUT2D eigenvalue weighted by atomic mass is 16.5. The second-order valence-corrected chi connectivity index (χ2v) is 9.15. The van der Waals surface area contributed by atoms with E-state index in [9.17, 15) is 4.79 Å². The van der Waals surface area contributed by atoms with Gasteiger partial charge < -0.3 is 15.4 Å². The first kappa shape index (κ1) is 22.2. The summed E-state index contributed by atoms with van der Waals surface area (Å²) >= 11 is 0. The van der Waals surface area contributed by atoms with Crippen LogP contribution in [0.4, 0.5) is 11.6 Å². The molecule has 1 amide bonds. The number of amides is 1. The first-order valence-electron chi connectivity index (χ1n) is 12.1. The lowest BCUT2D eigenvalue weighted by Crippen LogP contribution is -2.30. The van der Waals surface area contributed by atoms with Crippen molar-refractivity contribution in [3.05, 3.63) is 83.4 Å². The second-order valence-electron chi connectivity index (χ2n) is 9.15. The van der Waals surface area contributed by atoms with Crippen molar-refractivity contribution in [1.29, 1.82) is 0 Å². The van der Waals surface area contributed by atoms with E-state index < -0.39 is 0 Å². The minimum atomic E-state index is -0.172. The van der Waals surface area contributed by atoms with Gasteiger partial charge in [0.1, 0.15) is 11.6 Å². The van der Waals surface area contributed by atoms with E-state index >= 15 is 0 Å². The summed E-state index contributed by atoms with van der Waals surface area (Å²) in [6, 6.07) is 13.5. The van der Waals surface area contributed by atoms with E-state index in [2.05, 4.69) is 37.6 Å². The molecule has 0 saturated carbocycles. The highest BCUT2D eigenvalue weighted by Crippen LogP contribution is 2.39. The molecule has 9 nitrogen and oxygen atoms in total. The van der Waals surface area contributed by atoms with Crippen LogP contribution in [-0.4, -0.2) is 50.8 Å². The van der Waals surface area contributed by atoms with Gasteiger partial charge in [-0.15, -0.1) is 0 Å². The molecule has 0 saturated heterocycles. The topological polar surface area (TPSA) is 97.2 Å². The Morgan fingerprint density at radius 1 is 1.14 bits per heavy atom. The molecule has 2 aliphatic rings. The van der Waals surface area contributed by atoms with Crippen LogP contribution in [0.2, 0.25) is 0 Å². The standard InChI is InChI=1S/C27H27N7O2/c1-33-10-11-34-21(17-33)14-24(32-34)31-27(35)20-4-2-3-18(13-20)15-29-26-22-7-12-36-25(22)23(16-30-26)19-5-8-28-9-6-19/h2-6,8-9,13-14,16H,7,10-12,15,17H2,1H3,(H,29,30)(H,31,32,35). The van der Waals surface area contributed by atoms with Crippen molar-refractivity contribution in [3.63, 3.8) is 0 Å². The number of anilines is 2. The molecule has 3 aromatic heterocycles. The molecule has 36 heavy (non-hydrogen) atoms. The third-order valence-electron chi connectivity index (χ3n) is 6.60. The van der Waals surface area contributed by atoms with E-state index in [-0.39, 0.29) is 5.91 Å². The van der Waals surface area contributed by atoms with Gasteiger partial charge in [0.2, 0.25) is 0 Å². The van der Waals surface area contributed by atoms with Crippen molar-refractivity contribution in [2.45, 2.75) is 26.1 Å². The zero-order chi connectivity index (χ0) is 24.5. The molecule has 6 rings (SSSR count). The van der Waals surface area contributed by atoms with Crippen LogP contribution in [0.5, 0.6) is 5.75 Å². The van der Waals surface area contributed by atoms with E-state index in [1.807, 2.05) is 53.3 Å². The fourth-order valence-corrected chi connectivity index (χ4v) is 4.73. The molecular weight excluding hydrogens is 454 g/mol. The van der Waals surface area contributed by atoms with Gasteiger partial charge in [0.05, 0.1) is 18.8 Å². The van der Waals surface area contributed by atoms with Crippen molar-refractivity contribution in [3.8, 4) is 16.9 Å². The van der Waals surface area contributed by atoms with Crippen molar-refractivity contribution >= 4 is 17.5 Å². The van der Waals surface area contributed by atoms with Gasteiger partial charge in [-0.05, 0) is 42.4 Å². The lowest BCUT2D eigenvalue weighted by molar-refractivity contribution is 0.102. The Balaban J connectivity index is 1.15. The van der Waals surface area contributed by atoms with Crippen LogP contribution in [0.25, 0.3) is 11.1 Å². The molecule has 0 atom stereocenters. The van der Waals surface area contributed by atoms with Gasteiger partial charge in [0.15, 0.2) is 5.82 Å². The van der Waals surface area contributed by atoms with Gasteiger partial charge in [-0.2, -0.15) is 5.10 Å². The third kappa shape index (κ3) is 4.40. The maximum absolute atomic E-state index is 12.9. The molecule has 1 aromatic carbocycles. The molecule has 4 aromatic rings. The number of carbonyl (C=O) groups is 1. The summed E-state index contributed by atoms with van der Waals surface area (Å²) < 4.78 is 7.92. The number of pyridine rings is 2. The number of hydrogen-bond acceptors (Lipinski definition) is 7. The summed E-state index contributed by atoms with van der Waals surface area (Å²) in [7, 11) is 2.08. The zero-order valence-electron chi connectivity index (χ0n) is 20.1. The molecule has 0 bridgehead atoms. The first-order valence-corrected chi connectivity index (χ1v) is 12.1. The van der Waals surface area contributed by atoms with Crippen molar-refractivity contribution in [2.24, 2.45) is 0 Å². The summed E-state index contributed by atoms with van der Waals surface area (Å²) in [4.78, 5) is 23.9. The minimum absolute atomic E-state index is 0.172. The SMILES string of the molecule is CN1CCn2nc(NC(=O)c3cccc(CNc4ncc(-c5ccncc5)c5c4CCO5)c3)cc2C1. The third-order valence-corrected chi connectivity index (χ3v) is 6.60. The highest BCUT2D eigenvalue weighted by Gasteiger charge is 2.22. The van der Waals surface area contributed by atoms with Gasteiger partial charge in [-0.1, -0.05) is 12.1 Å². The Labute approximate surface area is 209 Å². The minimum Gasteiger partial charge on any atom is -0.492 e. The smallest absolute Gasteiger partial charge is 0.256 e. The van der Waals surface area contributed by atoms with Crippen LogP contribution in [-0.2, 0) is 26.1 Å². The van der Waals surface area contributed by atoms with Crippen LogP contribution in [0.1, 0.15) is 27.2 Å². The fraction of sp³-hybridized carbons (Fsp3) is 0.259. The summed E-state index contributed by atoms with van der Waals surface area (Å²) in [6.45, 7) is 3.79. The number of likely N-dealkylation sites (N-methyl/N-ethyl adjacent to an activating group) is 1. The van der Waals surface area contributed by atoms with Crippen LogP contribution >= 0.6 is 0 Å². The maximum atomic E-state index is 12.9. The van der Waals surface area contributed by atoms with E-state index in [4.69, 9.17) is 4.74 Å². The van der Waals surface area contributed by atoms with Crippen molar-refractivity contribution in [2.75, 3.05) is 30.8 Å². The number of nitrogens with zero attached hydrogens (tertiary/aromatic N) is 5. The summed E-state index contributed by atoms with van der Waals surface area (Å²) in [6.07, 6.45) is 6.18. The van der Waals surface area contributed by atoms with Crippen LogP contribution in [0.3, 0.4) is 0 Å². The first-order chi connectivity index (χ1) is 17.6. The van der Waals surface area contributed by atoms with E-state index in [1.165, 1.54) is 0 Å². The number of ether oxygens (including phenoxy) is 1. The monoisotopic (exact) mass is 481 g/mol. The van der Waals surface area contributed by atoms with Crippen LogP contribution in [0, 0.1) is 0 Å². The van der Waals surface area contributed by atoms with Gasteiger partial charge in [0, 0.05) is 67.4 Å². The predicted octanol–water partition coefficient (Wildman–Crippen LogP) is 3.58. The number of hydrogen-bond donors (Lipinski definition) is 2. The Morgan fingerprint density at radius 3 is 2.92 bits per heavy atom. The quantitative estimate of drug-likeness (QED) is 0.434. The maximum Gasteiger partial charge on any atom is 0.256 e. The Kier molecular flexibility index (Phi) is 5.82. The lowest BCUT2D eigenvalue weighted by Gasteiger charge is -2.22. The molecule has 0 fully saturated rings. The number of fused-ring (bicyclic) bond motifs is 2. The molecular formula is C27H27N7O2. The number of carbonyl (C=O) groups excluding carboxylic acids is 1. The largest absolute Gasteiger partial charge is 0.492 e. The Hall–Kier alpha value is -4.24. The number of rotatable bonds is 6. The van der Waals surface area contributed by atoms with Gasteiger partial charge in [0.25, 0.3) is 5.91 Å². The molecule has 5 heterocycles. The predicted molar refractivity (Wildman–Crippen MR) is 137 cm³/mol. The summed E-state index contributed by atoms with van der Waals surface area (Å²) in [5.74, 6) is 2.10. The second kappa shape index (κ2) is 9.43. The Bertz CT molecular complexity index is 1420. The van der Waals surface area contributed by atoms with Crippen molar-refractivity contribution in [1.82, 2.24) is 24.6 Å². The molecule has 9 heteroatoms. The summed E-state index contributed by atoms with van der Waals surface area (Å²) in [5, 5.41) is 10.9. The average Bonchev–Trinajstić information content (AvgIpc) is 3.55. The molecule has 0 unspecified atom stereocenters. The van der Waals surface area contributed by atoms with Gasteiger partial charge in [-0.3, -0.25) is 19.4 Å². The number of aromatic nitrogens is 4. The van der Waals surface area contributed by atoms with Crippen molar-refractivity contribution < 1.29 is 9.53 Å². The number of nitrogens with one attached hydrogen (secondary N) is 2. The van der Waals surface area contributed by atoms with Crippen LogP contribution in [0.15, 0.2) is 61.1 Å². The summed E-state index contributed by atoms with van der Waals surface area (Å²) in [5.41, 5.74) is 5.77. The zero-order valence-corrected chi connectivity index (χ0v) is 20.1. The Morgan fingerprint density at radius 2 is 2.03 bits per heavy atom. The van der Waals surface area contributed by atoms with E-state index in [0.717, 1.165) is 65.6 Å². The molecule has 2 aliphatic heterocycles.